The Morgan fingerprint density at radius 1 is 0.962 bits per heavy atom. The Morgan fingerprint density at radius 3 is 2.35 bits per heavy atom. The van der Waals surface area contributed by atoms with Crippen LogP contribution in [0.3, 0.4) is 0 Å². The standard InChI is InChI=1S/C23H34N2O/c1-18-9-11-19(12-10-18)22-17-25(23(26)20-7-3-4-8-20)16-21(22)15-24-13-5-2-6-14-24/h9-12,20-22H,2-8,13-17H2,1H3/t21-,22+/m1/s1. The Hall–Kier alpha value is -1.35. The second-order valence-electron chi connectivity index (χ2n) is 8.86. The molecule has 3 nitrogen and oxygen atoms in total. The molecule has 1 aliphatic carbocycles. The van der Waals surface area contributed by atoms with Crippen molar-refractivity contribution >= 4 is 5.91 Å². The van der Waals surface area contributed by atoms with Crippen LogP contribution in [-0.4, -0.2) is 48.4 Å². The highest BCUT2D eigenvalue weighted by atomic mass is 16.2. The molecule has 0 spiro atoms. The number of likely N-dealkylation sites (tertiary alicyclic amines) is 2. The SMILES string of the molecule is Cc1ccc([C@@H]2CN(C(=O)C3CCCC3)C[C@H]2CN2CCCCC2)cc1. The van der Waals surface area contributed by atoms with Gasteiger partial charge in [-0.1, -0.05) is 49.1 Å². The number of benzene rings is 1. The van der Waals surface area contributed by atoms with Gasteiger partial charge in [0.25, 0.3) is 0 Å². The Balaban J connectivity index is 1.49. The van der Waals surface area contributed by atoms with Crippen LogP contribution in [0.2, 0.25) is 0 Å². The molecule has 0 aromatic heterocycles. The second-order valence-corrected chi connectivity index (χ2v) is 8.86. The van der Waals surface area contributed by atoms with Crippen molar-refractivity contribution < 1.29 is 4.79 Å². The number of rotatable bonds is 4. The minimum Gasteiger partial charge on any atom is -0.341 e. The van der Waals surface area contributed by atoms with E-state index in [2.05, 4.69) is 41.0 Å². The molecule has 1 aromatic carbocycles. The smallest absolute Gasteiger partial charge is 0.225 e. The summed E-state index contributed by atoms with van der Waals surface area (Å²) in [6.45, 7) is 7.69. The van der Waals surface area contributed by atoms with Crippen LogP contribution >= 0.6 is 0 Å². The first-order chi connectivity index (χ1) is 12.7. The van der Waals surface area contributed by atoms with E-state index in [0.717, 1.165) is 32.5 Å². The van der Waals surface area contributed by atoms with Crippen LogP contribution in [0.25, 0.3) is 0 Å². The molecule has 2 atom stereocenters. The summed E-state index contributed by atoms with van der Waals surface area (Å²) in [5.74, 6) is 1.84. The first-order valence-corrected chi connectivity index (χ1v) is 10.8. The Bertz CT molecular complexity index is 599. The molecule has 142 valence electrons. The molecule has 0 unspecified atom stereocenters. The fraction of sp³-hybridized carbons (Fsp3) is 0.696. The van der Waals surface area contributed by atoms with Gasteiger partial charge in [0.15, 0.2) is 0 Å². The summed E-state index contributed by atoms with van der Waals surface area (Å²) in [4.78, 5) is 17.9. The maximum atomic E-state index is 13.0. The van der Waals surface area contributed by atoms with Gasteiger partial charge < -0.3 is 9.80 Å². The predicted molar refractivity (Wildman–Crippen MR) is 106 cm³/mol. The molecular weight excluding hydrogens is 320 g/mol. The van der Waals surface area contributed by atoms with E-state index >= 15 is 0 Å². The van der Waals surface area contributed by atoms with Gasteiger partial charge in [-0.05, 0) is 57.2 Å². The van der Waals surface area contributed by atoms with E-state index in [0.29, 0.717) is 23.7 Å². The molecular formula is C23H34N2O. The van der Waals surface area contributed by atoms with E-state index in [-0.39, 0.29) is 0 Å². The molecule has 3 fully saturated rings. The van der Waals surface area contributed by atoms with Crippen molar-refractivity contribution in [2.75, 3.05) is 32.7 Å². The van der Waals surface area contributed by atoms with Crippen molar-refractivity contribution in [3.63, 3.8) is 0 Å². The van der Waals surface area contributed by atoms with Crippen LogP contribution < -0.4 is 0 Å². The largest absolute Gasteiger partial charge is 0.341 e. The zero-order valence-electron chi connectivity index (χ0n) is 16.3. The average molecular weight is 355 g/mol. The number of carbonyl (C=O) groups is 1. The molecule has 0 bridgehead atoms. The molecule has 1 saturated carbocycles. The lowest BCUT2D eigenvalue weighted by Crippen LogP contribution is -2.37. The monoisotopic (exact) mass is 354 g/mol. The van der Waals surface area contributed by atoms with Crippen molar-refractivity contribution in [3.8, 4) is 0 Å². The highest BCUT2D eigenvalue weighted by Gasteiger charge is 2.39. The molecule has 1 aromatic rings. The Kier molecular flexibility index (Phi) is 5.63. The van der Waals surface area contributed by atoms with E-state index < -0.39 is 0 Å². The number of nitrogens with zero attached hydrogens (tertiary/aromatic N) is 2. The summed E-state index contributed by atoms with van der Waals surface area (Å²) in [7, 11) is 0. The normalized spacial score (nSPS) is 28.0. The molecule has 2 heterocycles. The van der Waals surface area contributed by atoms with E-state index in [9.17, 15) is 4.79 Å². The van der Waals surface area contributed by atoms with E-state index in [1.165, 1.54) is 56.3 Å². The Labute approximate surface area is 158 Å². The zero-order chi connectivity index (χ0) is 17.9. The first kappa shape index (κ1) is 18.0. The van der Waals surface area contributed by atoms with Crippen molar-refractivity contribution in [3.05, 3.63) is 35.4 Å². The topological polar surface area (TPSA) is 23.6 Å². The molecule has 26 heavy (non-hydrogen) atoms. The molecule has 0 radical (unpaired) electrons. The summed E-state index contributed by atoms with van der Waals surface area (Å²) in [5.41, 5.74) is 2.75. The number of aryl methyl sites for hydroxylation is 1. The number of carbonyl (C=O) groups excluding carboxylic acids is 1. The second kappa shape index (κ2) is 8.12. The summed E-state index contributed by atoms with van der Waals surface area (Å²) in [6, 6.07) is 9.06. The van der Waals surface area contributed by atoms with Crippen LogP contribution in [0.1, 0.15) is 62.0 Å². The van der Waals surface area contributed by atoms with Gasteiger partial charge in [-0.3, -0.25) is 4.79 Å². The summed E-state index contributed by atoms with van der Waals surface area (Å²) >= 11 is 0. The number of hydrogen-bond donors (Lipinski definition) is 0. The van der Waals surface area contributed by atoms with Crippen LogP contribution in [-0.2, 0) is 4.79 Å². The minimum absolute atomic E-state index is 0.308. The van der Waals surface area contributed by atoms with Crippen LogP contribution in [0.5, 0.6) is 0 Å². The highest BCUT2D eigenvalue weighted by molar-refractivity contribution is 5.79. The summed E-state index contributed by atoms with van der Waals surface area (Å²) in [5, 5.41) is 0. The average Bonchev–Trinajstić information content (AvgIpc) is 3.33. The quantitative estimate of drug-likeness (QED) is 0.808. The van der Waals surface area contributed by atoms with Crippen molar-refractivity contribution in [2.45, 2.75) is 57.8 Å². The maximum Gasteiger partial charge on any atom is 0.225 e. The van der Waals surface area contributed by atoms with Crippen molar-refractivity contribution in [2.24, 2.45) is 11.8 Å². The number of amides is 1. The van der Waals surface area contributed by atoms with E-state index in [1.807, 2.05) is 0 Å². The lowest BCUT2D eigenvalue weighted by molar-refractivity contribution is -0.134. The van der Waals surface area contributed by atoms with Gasteiger partial charge >= 0.3 is 0 Å². The third kappa shape index (κ3) is 3.98. The van der Waals surface area contributed by atoms with Crippen LogP contribution in [0.4, 0.5) is 0 Å². The van der Waals surface area contributed by atoms with Gasteiger partial charge in [-0.15, -0.1) is 0 Å². The Morgan fingerprint density at radius 2 is 1.65 bits per heavy atom. The van der Waals surface area contributed by atoms with E-state index in [1.54, 1.807) is 0 Å². The molecule has 3 heteroatoms. The summed E-state index contributed by atoms with van der Waals surface area (Å²) < 4.78 is 0. The molecule has 2 aliphatic heterocycles. The van der Waals surface area contributed by atoms with Gasteiger partial charge in [-0.25, -0.2) is 0 Å². The fourth-order valence-electron chi connectivity index (χ4n) is 5.33. The summed E-state index contributed by atoms with van der Waals surface area (Å²) in [6.07, 6.45) is 8.77. The van der Waals surface area contributed by atoms with Crippen LogP contribution in [0.15, 0.2) is 24.3 Å². The van der Waals surface area contributed by atoms with Crippen LogP contribution in [0, 0.1) is 18.8 Å². The van der Waals surface area contributed by atoms with Gasteiger partial charge in [0.1, 0.15) is 0 Å². The van der Waals surface area contributed by atoms with E-state index in [4.69, 9.17) is 0 Å². The molecule has 1 amide bonds. The molecule has 3 aliphatic rings. The molecule has 0 N–H and O–H groups in total. The zero-order valence-corrected chi connectivity index (χ0v) is 16.3. The predicted octanol–water partition coefficient (Wildman–Crippen LogP) is 4.21. The number of hydrogen-bond acceptors (Lipinski definition) is 2. The number of piperidine rings is 1. The third-order valence-corrected chi connectivity index (χ3v) is 6.90. The third-order valence-electron chi connectivity index (χ3n) is 6.90. The fourth-order valence-corrected chi connectivity index (χ4v) is 5.33. The molecule has 2 saturated heterocycles. The maximum absolute atomic E-state index is 13.0. The van der Waals surface area contributed by atoms with Gasteiger partial charge in [0.05, 0.1) is 0 Å². The highest BCUT2D eigenvalue weighted by Crippen LogP contribution is 2.36. The van der Waals surface area contributed by atoms with Crippen molar-refractivity contribution in [1.82, 2.24) is 9.80 Å². The van der Waals surface area contributed by atoms with Gasteiger partial charge in [0, 0.05) is 31.5 Å². The van der Waals surface area contributed by atoms with Gasteiger partial charge in [-0.2, -0.15) is 0 Å². The minimum atomic E-state index is 0.308. The van der Waals surface area contributed by atoms with Crippen molar-refractivity contribution in [1.29, 1.82) is 0 Å². The van der Waals surface area contributed by atoms with Gasteiger partial charge in [0.2, 0.25) is 5.91 Å². The lowest BCUT2D eigenvalue weighted by Gasteiger charge is -2.31. The first-order valence-electron chi connectivity index (χ1n) is 10.8. The lowest BCUT2D eigenvalue weighted by atomic mass is 9.88. The molecule has 4 rings (SSSR count).